The van der Waals surface area contributed by atoms with Gasteiger partial charge in [-0.2, -0.15) is 0 Å². The second-order valence-corrected chi connectivity index (χ2v) is 6.89. The largest absolute Gasteiger partial charge is 0.353 e. The highest BCUT2D eigenvalue weighted by molar-refractivity contribution is 5.51. The zero-order valence-electron chi connectivity index (χ0n) is 13.0. The Hall–Kier alpha value is -1.16. The Labute approximate surface area is 127 Å². The topological polar surface area (TPSA) is 41.0 Å². The Morgan fingerprint density at radius 1 is 1.19 bits per heavy atom. The lowest BCUT2D eigenvalue weighted by Crippen LogP contribution is -2.36. The van der Waals surface area contributed by atoms with Crippen LogP contribution >= 0.6 is 0 Å². The van der Waals surface area contributed by atoms with Crippen LogP contribution in [0.2, 0.25) is 0 Å². The summed E-state index contributed by atoms with van der Waals surface area (Å²) >= 11 is 0. The second-order valence-electron chi connectivity index (χ2n) is 6.89. The van der Waals surface area contributed by atoms with Gasteiger partial charge in [-0.05, 0) is 43.9 Å². The lowest BCUT2D eigenvalue weighted by atomic mass is 9.93. The van der Waals surface area contributed by atoms with Crippen LogP contribution in [-0.2, 0) is 12.8 Å². The molecule has 0 aromatic carbocycles. The van der Waals surface area contributed by atoms with Gasteiger partial charge in [0.1, 0.15) is 12.1 Å². The molecule has 0 saturated carbocycles. The molecule has 2 fully saturated rings. The highest BCUT2D eigenvalue weighted by atomic mass is 15.3. The summed E-state index contributed by atoms with van der Waals surface area (Å²) in [5.41, 5.74) is 2.78. The highest BCUT2D eigenvalue weighted by Crippen LogP contribution is 2.39. The quantitative estimate of drug-likeness (QED) is 0.846. The zero-order valence-corrected chi connectivity index (χ0v) is 13.0. The van der Waals surface area contributed by atoms with E-state index < -0.39 is 0 Å². The van der Waals surface area contributed by atoms with E-state index in [-0.39, 0.29) is 0 Å². The Morgan fingerprint density at radius 3 is 3.00 bits per heavy atom. The van der Waals surface area contributed by atoms with Crippen LogP contribution in [0.15, 0.2) is 6.33 Å². The van der Waals surface area contributed by atoms with Crippen molar-refractivity contribution < 1.29 is 0 Å². The van der Waals surface area contributed by atoms with E-state index >= 15 is 0 Å². The molecule has 1 N–H and O–H groups in total. The lowest BCUT2D eigenvalue weighted by Gasteiger charge is -2.30. The van der Waals surface area contributed by atoms with Crippen LogP contribution in [0.25, 0.3) is 0 Å². The van der Waals surface area contributed by atoms with E-state index in [0.29, 0.717) is 6.04 Å². The molecule has 0 radical (unpaired) electrons. The minimum atomic E-state index is 0.659. The minimum Gasteiger partial charge on any atom is -0.353 e. The summed E-state index contributed by atoms with van der Waals surface area (Å²) < 4.78 is 0. The van der Waals surface area contributed by atoms with Crippen molar-refractivity contribution in [1.29, 1.82) is 0 Å². The van der Waals surface area contributed by atoms with Crippen LogP contribution in [0.5, 0.6) is 0 Å². The van der Waals surface area contributed by atoms with Gasteiger partial charge in [0.2, 0.25) is 0 Å². The van der Waals surface area contributed by atoms with Gasteiger partial charge in [-0.15, -0.1) is 0 Å². The fourth-order valence-electron chi connectivity index (χ4n) is 4.72. The fraction of sp³-hybridized carbons (Fsp3) is 0.765. The first-order valence-electron chi connectivity index (χ1n) is 8.68. The molecule has 0 bridgehead atoms. The first-order chi connectivity index (χ1) is 10.4. The van der Waals surface area contributed by atoms with Gasteiger partial charge >= 0.3 is 0 Å². The van der Waals surface area contributed by atoms with Gasteiger partial charge < -0.3 is 10.2 Å². The molecular weight excluding hydrogens is 260 g/mol. The molecule has 3 atom stereocenters. The molecule has 2 aliphatic heterocycles. The molecule has 114 valence electrons. The van der Waals surface area contributed by atoms with E-state index in [1.807, 2.05) is 0 Å². The van der Waals surface area contributed by atoms with Gasteiger partial charge in [-0.1, -0.05) is 13.3 Å². The van der Waals surface area contributed by atoms with Gasteiger partial charge in [0, 0.05) is 36.9 Å². The molecule has 0 amide bonds. The summed E-state index contributed by atoms with van der Waals surface area (Å²) in [5.74, 6) is 2.89. The number of anilines is 1. The number of aryl methyl sites for hydroxylation is 1. The summed E-state index contributed by atoms with van der Waals surface area (Å²) in [4.78, 5) is 11.9. The summed E-state index contributed by atoms with van der Waals surface area (Å²) in [7, 11) is 0. The average molecular weight is 286 g/mol. The smallest absolute Gasteiger partial charge is 0.135 e. The molecule has 4 rings (SSSR count). The molecule has 4 nitrogen and oxygen atoms in total. The Balaban J connectivity index is 1.70. The Bertz CT molecular complexity index is 516. The van der Waals surface area contributed by atoms with Gasteiger partial charge in [0.15, 0.2) is 0 Å². The molecule has 2 saturated heterocycles. The number of fused-ring (bicyclic) bond motifs is 2. The Morgan fingerprint density at radius 2 is 2.10 bits per heavy atom. The van der Waals surface area contributed by atoms with Crippen LogP contribution in [-0.4, -0.2) is 35.6 Å². The van der Waals surface area contributed by atoms with Gasteiger partial charge in [-0.3, -0.25) is 0 Å². The van der Waals surface area contributed by atoms with Crippen molar-refractivity contribution in [1.82, 2.24) is 15.3 Å². The van der Waals surface area contributed by atoms with E-state index in [0.717, 1.165) is 18.3 Å². The van der Waals surface area contributed by atoms with Gasteiger partial charge in [0.05, 0.1) is 0 Å². The predicted molar refractivity (Wildman–Crippen MR) is 84.6 cm³/mol. The normalized spacial score (nSPS) is 31.9. The molecule has 3 unspecified atom stereocenters. The van der Waals surface area contributed by atoms with Crippen LogP contribution < -0.4 is 10.2 Å². The number of aromatic nitrogens is 2. The average Bonchev–Trinajstić information content (AvgIpc) is 2.99. The van der Waals surface area contributed by atoms with Crippen molar-refractivity contribution in [2.24, 2.45) is 11.8 Å². The molecule has 21 heavy (non-hydrogen) atoms. The molecule has 4 heteroatoms. The molecule has 1 aliphatic carbocycles. The van der Waals surface area contributed by atoms with Crippen molar-refractivity contribution in [2.45, 2.75) is 51.5 Å². The minimum absolute atomic E-state index is 0.659. The number of rotatable bonds is 2. The molecule has 3 aliphatic rings. The molecule has 1 aromatic rings. The van der Waals surface area contributed by atoms with Crippen molar-refractivity contribution in [2.75, 3.05) is 24.5 Å². The SMILES string of the molecule is CCC1C2CNCC2CN1c1ncnc2c1CCCCC2. The monoisotopic (exact) mass is 286 g/mol. The third-order valence-electron chi connectivity index (χ3n) is 5.76. The number of hydrogen-bond donors (Lipinski definition) is 1. The second kappa shape index (κ2) is 5.56. The van der Waals surface area contributed by atoms with E-state index in [2.05, 4.69) is 22.1 Å². The maximum Gasteiger partial charge on any atom is 0.135 e. The summed E-state index contributed by atoms with van der Waals surface area (Å²) in [6.07, 6.45) is 9.26. The van der Waals surface area contributed by atoms with Crippen LogP contribution in [0.3, 0.4) is 0 Å². The van der Waals surface area contributed by atoms with Crippen molar-refractivity contribution in [3.05, 3.63) is 17.6 Å². The Kier molecular flexibility index (Phi) is 3.57. The lowest BCUT2D eigenvalue weighted by molar-refractivity contribution is 0.441. The van der Waals surface area contributed by atoms with Gasteiger partial charge in [-0.25, -0.2) is 9.97 Å². The maximum atomic E-state index is 4.74. The van der Waals surface area contributed by atoms with Crippen LogP contribution in [0.1, 0.15) is 43.9 Å². The van der Waals surface area contributed by atoms with Crippen LogP contribution in [0, 0.1) is 11.8 Å². The van der Waals surface area contributed by atoms with E-state index in [4.69, 9.17) is 4.98 Å². The van der Waals surface area contributed by atoms with Gasteiger partial charge in [0.25, 0.3) is 0 Å². The molecule has 0 spiro atoms. The summed E-state index contributed by atoms with van der Waals surface area (Å²) in [6.45, 7) is 5.88. The van der Waals surface area contributed by atoms with E-state index in [9.17, 15) is 0 Å². The van der Waals surface area contributed by atoms with Crippen molar-refractivity contribution >= 4 is 5.82 Å². The number of nitrogens with one attached hydrogen (secondary N) is 1. The molecule has 1 aromatic heterocycles. The van der Waals surface area contributed by atoms with Crippen molar-refractivity contribution in [3.63, 3.8) is 0 Å². The number of nitrogens with zero attached hydrogens (tertiary/aromatic N) is 3. The number of hydrogen-bond acceptors (Lipinski definition) is 4. The highest BCUT2D eigenvalue weighted by Gasteiger charge is 2.44. The maximum absolute atomic E-state index is 4.74. The third kappa shape index (κ3) is 2.24. The summed E-state index contributed by atoms with van der Waals surface area (Å²) in [5, 5.41) is 3.57. The standard InChI is InChI=1S/C17H26N4/c1-2-16-14-9-18-8-12(14)10-21(16)17-13-6-4-3-5-7-15(13)19-11-20-17/h11-12,14,16,18H,2-10H2,1H3. The molecule has 3 heterocycles. The predicted octanol–water partition coefficient (Wildman–Crippen LogP) is 2.18. The first-order valence-corrected chi connectivity index (χ1v) is 8.68. The third-order valence-corrected chi connectivity index (χ3v) is 5.76. The van der Waals surface area contributed by atoms with E-state index in [1.165, 1.54) is 68.8 Å². The molecular formula is C17H26N4. The zero-order chi connectivity index (χ0) is 14.2. The fourth-order valence-corrected chi connectivity index (χ4v) is 4.72. The van der Waals surface area contributed by atoms with Crippen LogP contribution in [0.4, 0.5) is 5.82 Å². The summed E-state index contributed by atoms with van der Waals surface area (Å²) in [6, 6.07) is 0.659. The van der Waals surface area contributed by atoms with E-state index in [1.54, 1.807) is 6.33 Å². The van der Waals surface area contributed by atoms with Crippen molar-refractivity contribution in [3.8, 4) is 0 Å². The first kappa shape index (κ1) is 13.5.